The van der Waals surface area contributed by atoms with Crippen molar-refractivity contribution in [1.29, 1.82) is 0 Å². The molecular weight excluding hydrogens is 452 g/mol. The zero-order valence-electron chi connectivity index (χ0n) is 24.6. The Bertz CT molecular complexity index is 896. The van der Waals surface area contributed by atoms with Gasteiger partial charge in [0.2, 0.25) is 0 Å². The van der Waals surface area contributed by atoms with Gasteiger partial charge >= 0.3 is 0 Å². The second kappa shape index (κ2) is 10.6. The average Bonchev–Trinajstić information content (AvgIpc) is 3.22. The second-order valence-electron chi connectivity index (χ2n) is 15.2. The van der Waals surface area contributed by atoms with Crippen molar-refractivity contribution < 1.29 is 10.2 Å². The fourth-order valence-electron chi connectivity index (χ4n) is 10.7. The lowest BCUT2D eigenvalue weighted by atomic mass is 9.43. The van der Waals surface area contributed by atoms with Crippen molar-refractivity contribution >= 4 is 0 Å². The van der Waals surface area contributed by atoms with Crippen molar-refractivity contribution in [2.45, 2.75) is 130 Å². The molecule has 4 aliphatic rings. The standard InChI is InChI=1S/C35H56O2/c1-24(2)10-9-11-25(3)29-16-17-30-28-15-14-27-22-35(37,23-32(36)26-12-7-6-8-13-26)21-20-33(27,4)31(28)18-19-34(29,30)5/h6-8,12-13,24-25,27-32,36-37H,9-11,14-23H2,1-5H3/t25-,27+,28+,29-,30+,31+,32?,33+,34-,35-/m1/s1. The van der Waals surface area contributed by atoms with E-state index >= 15 is 0 Å². The number of hydrogen-bond acceptors (Lipinski definition) is 2. The Labute approximate surface area is 228 Å². The molecule has 4 fully saturated rings. The summed E-state index contributed by atoms with van der Waals surface area (Å²) in [6, 6.07) is 9.94. The molecule has 0 heterocycles. The molecule has 2 nitrogen and oxygen atoms in total. The predicted octanol–water partition coefficient (Wildman–Crippen LogP) is 8.96. The first-order valence-corrected chi connectivity index (χ1v) is 16.0. The Morgan fingerprint density at radius 2 is 1.57 bits per heavy atom. The summed E-state index contributed by atoms with van der Waals surface area (Å²) in [6.45, 7) is 12.6. The summed E-state index contributed by atoms with van der Waals surface area (Å²) in [6.07, 6.45) is 15.4. The zero-order valence-corrected chi connectivity index (χ0v) is 24.6. The first kappa shape index (κ1) is 27.7. The van der Waals surface area contributed by atoms with E-state index in [1.165, 1.54) is 57.8 Å². The van der Waals surface area contributed by atoms with Crippen LogP contribution in [0.25, 0.3) is 0 Å². The molecule has 1 unspecified atom stereocenters. The number of hydrogen-bond donors (Lipinski definition) is 2. The fraction of sp³-hybridized carbons (Fsp3) is 0.829. The lowest BCUT2D eigenvalue weighted by Crippen LogP contribution is -2.56. The summed E-state index contributed by atoms with van der Waals surface area (Å²) < 4.78 is 0. The van der Waals surface area contributed by atoms with Crippen LogP contribution in [0, 0.1) is 52.3 Å². The van der Waals surface area contributed by atoms with Crippen molar-refractivity contribution in [3.05, 3.63) is 35.9 Å². The van der Waals surface area contributed by atoms with E-state index in [-0.39, 0.29) is 0 Å². The van der Waals surface area contributed by atoms with Crippen LogP contribution in [0.3, 0.4) is 0 Å². The first-order chi connectivity index (χ1) is 17.6. The SMILES string of the molecule is CC(C)CCC[C@@H](C)[C@H]1CC[C@H]2[C@@H]3CC[C@H]4C[C@@](O)(CC(O)c5ccccc5)CC[C@]4(C)[C@H]3CC[C@]12C. The molecule has 0 amide bonds. The molecule has 1 aromatic rings. The molecule has 4 saturated carbocycles. The minimum Gasteiger partial charge on any atom is -0.390 e. The summed E-state index contributed by atoms with van der Waals surface area (Å²) in [4.78, 5) is 0. The highest BCUT2D eigenvalue weighted by molar-refractivity contribution is 5.18. The van der Waals surface area contributed by atoms with E-state index in [0.717, 1.165) is 60.3 Å². The highest BCUT2D eigenvalue weighted by atomic mass is 16.3. The third-order valence-electron chi connectivity index (χ3n) is 12.8. The summed E-state index contributed by atoms with van der Waals surface area (Å²) in [7, 11) is 0. The van der Waals surface area contributed by atoms with Gasteiger partial charge in [-0.1, -0.05) is 84.2 Å². The van der Waals surface area contributed by atoms with Crippen LogP contribution in [-0.4, -0.2) is 15.8 Å². The fourth-order valence-corrected chi connectivity index (χ4v) is 10.7. The van der Waals surface area contributed by atoms with E-state index in [0.29, 0.717) is 23.2 Å². The molecular formula is C35H56O2. The normalized spacial score (nSPS) is 43.1. The van der Waals surface area contributed by atoms with Crippen molar-refractivity contribution in [2.24, 2.45) is 52.3 Å². The van der Waals surface area contributed by atoms with E-state index in [1.54, 1.807) is 0 Å². The summed E-state index contributed by atoms with van der Waals surface area (Å²) in [5, 5.41) is 22.6. The third kappa shape index (κ3) is 5.20. The van der Waals surface area contributed by atoms with Crippen molar-refractivity contribution in [2.75, 3.05) is 0 Å². The first-order valence-electron chi connectivity index (χ1n) is 16.0. The van der Waals surface area contributed by atoms with Gasteiger partial charge in [0.05, 0.1) is 11.7 Å². The van der Waals surface area contributed by atoms with Crippen LogP contribution in [0.2, 0.25) is 0 Å². The largest absolute Gasteiger partial charge is 0.390 e. The maximum Gasteiger partial charge on any atom is 0.0817 e. The molecule has 0 aromatic heterocycles. The average molecular weight is 509 g/mol. The molecule has 2 heteroatoms. The van der Waals surface area contributed by atoms with E-state index in [4.69, 9.17) is 0 Å². The van der Waals surface area contributed by atoms with Crippen molar-refractivity contribution in [1.82, 2.24) is 0 Å². The van der Waals surface area contributed by atoms with Crippen LogP contribution in [-0.2, 0) is 0 Å². The number of benzene rings is 1. The topological polar surface area (TPSA) is 40.5 Å². The highest BCUT2D eigenvalue weighted by Gasteiger charge is 2.61. The Hall–Kier alpha value is -0.860. The molecule has 0 aliphatic heterocycles. The van der Waals surface area contributed by atoms with Crippen LogP contribution in [0.4, 0.5) is 0 Å². The zero-order chi connectivity index (χ0) is 26.4. The minimum absolute atomic E-state index is 0.370. The quantitative estimate of drug-likeness (QED) is 0.368. The maximum atomic E-state index is 11.7. The van der Waals surface area contributed by atoms with Gasteiger partial charge in [0, 0.05) is 6.42 Å². The molecule has 208 valence electrons. The molecule has 10 atom stereocenters. The maximum absolute atomic E-state index is 11.7. The van der Waals surface area contributed by atoms with Crippen LogP contribution in [0.5, 0.6) is 0 Å². The predicted molar refractivity (Wildman–Crippen MR) is 154 cm³/mol. The van der Waals surface area contributed by atoms with Crippen molar-refractivity contribution in [3.8, 4) is 0 Å². The van der Waals surface area contributed by atoms with Crippen LogP contribution in [0.1, 0.15) is 130 Å². The van der Waals surface area contributed by atoms with E-state index in [1.807, 2.05) is 30.3 Å². The monoisotopic (exact) mass is 508 g/mol. The van der Waals surface area contributed by atoms with Gasteiger partial charge in [-0.3, -0.25) is 0 Å². The second-order valence-corrected chi connectivity index (χ2v) is 15.2. The molecule has 0 bridgehead atoms. The van der Waals surface area contributed by atoms with Gasteiger partial charge in [-0.05, 0) is 116 Å². The molecule has 37 heavy (non-hydrogen) atoms. The van der Waals surface area contributed by atoms with E-state index in [2.05, 4.69) is 34.6 Å². The molecule has 0 spiro atoms. The van der Waals surface area contributed by atoms with Gasteiger partial charge in [-0.15, -0.1) is 0 Å². The lowest BCUT2D eigenvalue weighted by molar-refractivity contribution is -0.159. The summed E-state index contributed by atoms with van der Waals surface area (Å²) in [5.74, 6) is 5.89. The molecule has 0 radical (unpaired) electrons. The van der Waals surface area contributed by atoms with Gasteiger partial charge in [0.25, 0.3) is 0 Å². The number of aliphatic hydroxyl groups excluding tert-OH is 1. The van der Waals surface area contributed by atoms with Gasteiger partial charge in [0.15, 0.2) is 0 Å². The highest BCUT2D eigenvalue weighted by Crippen LogP contribution is 2.69. The van der Waals surface area contributed by atoms with E-state index in [9.17, 15) is 10.2 Å². The van der Waals surface area contributed by atoms with Gasteiger partial charge < -0.3 is 10.2 Å². The van der Waals surface area contributed by atoms with Crippen LogP contribution >= 0.6 is 0 Å². The van der Waals surface area contributed by atoms with Gasteiger partial charge in [-0.2, -0.15) is 0 Å². The molecule has 5 rings (SSSR count). The Morgan fingerprint density at radius 1 is 0.838 bits per heavy atom. The number of fused-ring (bicyclic) bond motifs is 5. The van der Waals surface area contributed by atoms with Gasteiger partial charge in [-0.25, -0.2) is 0 Å². The Kier molecular flexibility index (Phi) is 7.94. The van der Waals surface area contributed by atoms with Crippen LogP contribution in [0.15, 0.2) is 30.3 Å². The van der Waals surface area contributed by atoms with Crippen LogP contribution < -0.4 is 0 Å². The molecule has 0 saturated heterocycles. The smallest absolute Gasteiger partial charge is 0.0817 e. The molecule has 2 N–H and O–H groups in total. The lowest BCUT2D eigenvalue weighted by Gasteiger charge is -2.62. The summed E-state index contributed by atoms with van der Waals surface area (Å²) in [5.41, 5.74) is 1.14. The van der Waals surface area contributed by atoms with Gasteiger partial charge in [0.1, 0.15) is 0 Å². The number of rotatable bonds is 8. The Morgan fingerprint density at radius 3 is 2.30 bits per heavy atom. The molecule has 4 aliphatic carbocycles. The van der Waals surface area contributed by atoms with Crippen molar-refractivity contribution in [3.63, 3.8) is 0 Å². The molecule has 1 aromatic carbocycles. The Balaban J connectivity index is 1.24. The number of aliphatic hydroxyl groups is 2. The third-order valence-corrected chi connectivity index (χ3v) is 12.8. The minimum atomic E-state index is -0.723. The van der Waals surface area contributed by atoms with E-state index < -0.39 is 11.7 Å². The summed E-state index contributed by atoms with van der Waals surface area (Å²) >= 11 is 0.